The van der Waals surface area contributed by atoms with Crippen molar-refractivity contribution in [1.82, 2.24) is 19.0 Å². The van der Waals surface area contributed by atoms with Gasteiger partial charge in [0.05, 0.1) is 16.5 Å². The van der Waals surface area contributed by atoms with Gasteiger partial charge in [-0.15, -0.1) is 0 Å². The Morgan fingerprint density at radius 3 is 2.33 bits per heavy atom. The van der Waals surface area contributed by atoms with E-state index < -0.39 is 40.9 Å². The molecule has 3 fully saturated rings. The highest BCUT2D eigenvalue weighted by Gasteiger charge is 2.53. The van der Waals surface area contributed by atoms with Crippen molar-refractivity contribution >= 4 is 46.0 Å². The minimum Gasteiger partial charge on any atom is -0.335 e. The first-order chi connectivity index (χ1) is 19.1. The van der Waals surface area contributed by atoms with Crippen molar-refractivity contribution in [3.05, 3.63) is 63.6 Å². The van der Waals surface area contributed by atoms with Gasteiger partial charge >= 0.3 is 0 Å². The quantitative estimate of drug-likeness (QED) is 0.482. The van der Waals surface area contributed by atoms with Gasteiger partial charge in [-0.3, -0.25) is 14.5 Å². The molecule has 3 aliphatic rings. The number of piperazine rings is 1. The molecule has 40 heavy (non-hydrogen) atoms. The molecule has 5 rings (SSSR count). The first kappa shape index (κ1) is 29.4. The molecule has 0 radical (unpaired) electrons. The van der Waals surface area contributed by atoms with E-state index in [1.807, 2.05) is 13.8 Å². The molecule has 0 N–H and O–H groups in total. The molecule has 216 valence electrons. The summed E-state index contributed by atoms with van der Waals surface area (Å²) in [7, 11) is -1.78. The Morgan fingerprint density at radius 2 is 1.68 bits per heavy atom. The molecule has 0 aromatic heterocycles. The molecule has 3 aliphatic heterocycles. The van der Waals surface area contributed by atoms with E-state index in [1.54, 1.807) is 21.3 Å². The zero-order valence-corrected chi connectivity index (χ0v) is 24.7. The van der Waals surface area contributed by atoms with Crippen LogP contribution in [0, 0.1) is 11.6 Å². The largest absolute Gasteiger partial charge is 0.335 e. The third-order valence-corrected chi connectivity index (χ3v) is 10.2. The van der Waals surface area contributed by atoms with Gasteiger partial charge < -0.3 is 9.80 Å². The van der Waals surface area contributed by atoms with Gasteiger partial charge in [0.1, 0.15) is 29.2 Å². The number of rotatable bonds is 6. The van der Waals surface area contributed by atoms with Gasteiger partial charge in [0.25, 0.3) is 0 Å². The summed E-state index contributed by atoms with van der Waals surface area (Å²) in [4.78, 5) is 33.8. The lowest BCUT2D eigenvalue weighted by molar-refractivity contribution is -0.172. The smallest absolute Gasteiger partial charge is 0.246 e. The van der Waals surface area contributed by atoms with E-state index in [0.29, 0.717) is 15.5 Å². The van der Waals surface area contributed by atoms with Crippen LogP contribution in [0.3, 0.4) is 0 Å². The summed E-state index contributed by atoms with van der Waals surface area (Å²) in [5.74, 6) is -2.50. The van der Waals surface area contributed by atoms with E-state index in [4.69, 9.17) is 23.2 Å². The second kappa shape index (κ2) is 12.0. The van der Waals surface area contributed by atoms with Crippen molar-refractivity contribution in [2.75, 3.05) is 26.2 Å². The van der Waals surface area contributed by atoms with E-state index in [0.717, 1.165) is 44.5 Å². The van der Waals surface area contributed by atoms with Crippen LogP contribution >= 0.6 is 23.2 Å². The fraction of sp³-hybridized carbons (Fsp3) is 0.500. The summed E-state index contributed by atoms with van der Waals surface area (Å²) < 4.78 is 43.8. The van der Waals surface area contributed by atoms with Crippen LogP contribution in [0.5, 0.6) is 0 Å². The van der Waals surface area contributed by atoms with E-state index >= 15 is 0 Å². The van der Waals surface area contributed by atoms with Crippen LogP contribution in [0.15, 0.2) is 41.3 Å². The molecule has 2 aromatic carbocycles. The number of fused-ring (bicyclic) bond motifs is 1. The van der Waals surface area contributed by atoms with Crippen LogP contribution < -0.4 is 0 Å². The van der Waals surface area contributed by atoms with Crippen LogP contribution in [0.25, 0.3) is 0 Å². The highest BCUT2D eigenvalue weighted by atomic mass is 35.5. The molecule has 0 aliphatic carbocycles. The Balaban J connectivity index is 1.59. The zero-order chi connectivity index (χ0) is 28.7. The van der Waals surface area contributed by atoms with Gasteiger partial charge in [0.2, 0.25) is 11.8 Å². The van der Waals surface area contributed by atoms with Crippen LogP contribution in [0.2, 0.25) is 10.0 Å². The van der Waals surface area contributed by atoms with Crippen molar-refractivity contribution in [2.24, 2.45) is 0 Å². The van der Waals surface area contributed by atoms with Gasteiger partial charge in [0, 0.05) is 24.0 Å². The fourth-order valence-corrected chi connectivity index (χ4v) is 7.84. The van der Waals surface area contributed by atoms with Gasteiger partial charge in [0.15, 0.2) is 11.6 Å². The molecule has 0 bridgehead atoms. The van der Waals surface area contributed by atoms with E-state index in [9.17, 15) is 22.6 Å². The van der Waals surface area contributed by atoms with Crippen molar-refractivity contribution in [1.29, 1.82) is 0 Å². The molecular weight excluding hydrogens is 581 g/mol. The maximum Gasteiger partial charge on any atom is 0.246 e. The Kier molecular flexibility index (Phi) is 8.83. The highest BCUT2D eigenvalue weighted by Crippen LogP contribution is 2.35. The number of hydrogen-bond acceptors (Lipinski definition) is 4. The van der Waals surface area contributed by atoms with E-state index in [2.05, 4.69) is 4.90 Å². The summed E-state index contributed by atoms with van der Waals surface area (Å²) in [5.41, 5.74) is 0.392. The topological polar surface area (TPSA) is 64.2 Å². The maximum absolute atomic E-state index is 14.2. The minimum absolute atomic E-state index is 0.00358. The lowest BCUT2D eigenvalue weighted by atomic mass is 9.95. The molecule has 4 atom stereocenters. The third-order valence-electron chi connectivity index (χ3n) is 7.97. The average molecular weight is 614 g/mol. The van der Waals surface area contributed by atoms with Crippen molar-refractivity contribution < 1.29 is 22.6 Å². The van der Waals surface area contributed by atoms with E-state index in [-0.39, 0.29) is 42.4 Å². The molecular formula is C28H32Cl2F2N4O3S. The molecule has 3 saturated heterocycles. The summed E-state index contributed by atoms with van der Waals surface area (Å²) in [6.45, 7) is 5.54. The predicted molar refractivity (Wildman–Crippen MR) is 150 cm³/mol. The number of benzene rings is 2. The van der Waals surface area contributed by atoms with Crippen molar-refractivity contribution in [3.63, 3.8) is 0 Å². The zero-order valence-electron chi connectivity index (χ0n) is 22.4. The second-order valence-electron chi connectivity index (χ2n) is 10.8. The van der Waals surface area contributed by atoms with Crippen molar-refractivity contribution in [2.45, 2.75) is 68.7 Å². The van der Waals surface area contributed by atoms with Crippen LogP contribution in [0.4, 0.5) is 8.78 Å². The number of halogens is 4. The molecule has 0 saturated carbocycles. The Bertz CT molecular complexity index is 1330. The lowest BCUT2D eigenvalue weighted by Crippen LogP contribution is -2.76. The summed E-state index contributed by atoms with van der Waals surface area (Å²) in [6, 6.07) is 6.48. The molecule has 2 amide bonds. The molecule has 4 unspecified atom stereocenters. The van der Waals surface area contributed by atoms with Gasteiger partial charge in [-0.2, -0.15) is 4.31 Å². The first-order valence-electron chi connectivity index (χ1n) is 13.5. The molecule has 12 heteroatoms. The van der Waals surface area contributed by atoms with Crippen LogP contribution in [-0.2, 0) is 27.0 Å². The number of carbonyl (C=O) groups excluding carboxylic acids is 2. The summed E-state index contributed by atoms with van der Waals surface area (Å²) in [5, 5.41) is 0.656. The van der Waals surface area contributed by atoms with Gasteiger partial charge in [-0.1, -0.05) is 35.7 Å². The number of piperidine rings is 1. The number of amides is 2. The van der Waals surface area contributed by atoms with Crippen LogP contribution in [0.1, 0.15) is 38.7 Å². The molecule has 3 heterocycles. The number of carbonyl (C=O) groups is 2. The van der Waals surface area contributed by atoms with Gasteiger partial charge in [-0.25, -0.2) is 13.0 Å². The molecule has 2 aromatic rings. The molecule has 0 spiro atoms. The number of nitrogens with zero attached hydrogens (tertiary/aromatic N) is 4. The number of likely N-dealkylation sites (tertiary alicyclic amines) is 1. The van der Waals surface area contributed by atoms with Crippen LogP contribution in [-0.4, -0.2) is 85.5 Å². The Labute approximate surface area is 245 Å². The first-order valence-corrected chi connectivity index (χ1v) is 15.4. The Hall–Kier alpha value is -2.11. The number of hydrogen-bond donors (Lipinski definition) is 0. The standard InChI is InChI=1S/C28H32Cl2F2N4O3S/c1-17(2)34-16-26-35(40(39)25-9-7-19(29)14-20(25)30)15-24(33-10-4-3-5-11-33)28(38)36(26)23(27(34)37)13-18-6-8-21(31)22(32)12-18/h6-9,12,14,17,23-24,26H,3-5,10-11,13,15-16H2,1-2H3. The second-order valence-corrected chi connectivity index (χ2v) is 13.1. The predicted octanol–water partition coefficient (Wildman–Crippen LogP) is 4.48. The fourth-order valence-electron chi connectivity index (χ4n) is 5.91. The normalized spacial score (nSPS) is 25.4. The minimum atomic E-state index is -1.78. The van der Waals surface area contributed by atoms with Crippen molar-refractivity contribution in [3.8, 4) is 0 Å². The maximum atomic E-state index is 14.2. The SMILES string of the molecule is CC(C)N1CC2N(C(=O)C(N3CCCCC3)CN2S(=O)c2ccc(Cl)cc2Cl)C(Cc2ccc(F)c(F)c2)C1=O. The summed E-state index contributed by atoms with van der Waals surface area (Å²) in [6.07, 6.45) is 2.24. The Morgan fingerprint density at radius 1 is 0.950 bits per heavy atom. The highest BCUT2D eigenvalue weighted by molar-refractivity contribution is 7.82. The summed E-state index contributed by atoms with van der Waals surface area (Å²) >= 11 is 12.6. The lowest BCUT2D eigenvalue weighted by Gasteiger charge is -2.55. The molecule has 7 nitrogen and oxygen atoms in total. The monoisotopic (exact) mass is 612 g/mol. The third kappa shape index (κ3) is 5.66. The van der Waals surface area contributed by atoms with Gasteiger partial charge in [-0.05, 0) is 75.7 Å². The average Bonchev–Trinajstić information content (AvgIpc) is 2.92. The van der Waals surface area contributed by atoms with E-state index in [1.165, 1.54) is 17.0 Å².